The highest BCUT2D eigenvalue weighted by atomic mass is 35.5. The molecule has 1 aliphatic carbocycles. The zero-order chi connectivity index (χ0) is 18.1. The number of hydrogen-bond donors (Lipinski definition) is 0. The number of aromatic nitrogens is 3. The number of aryl methyl sites for hydroxylation is 1. The molecule has 0 spiro atoms. The van der Waals surface area contributed by atoms with Gasteiger partial charge < -0.3 is 4.52 Å². The van der Waals surface area contributed by atoms with Gasteiger partial charge in [0, 0.05) is 22.9 Å². The molecule has 1 aromatic carbocycles. The molecule has 26 heavy (non-hydrogen) atoms. The summed E-state index contributed by atoms with van der Waals surface area (Å²) in [4.78, 5) is 18.0. The summed E-state index contributed by atoms with van der Waals surface area (Å²) < 4.78 is 7.04. The lowest BCUT2D eigenvalue weighted by atomic mass is 9.95. The lowest BCUT2D eigenvalue weighted by Crippen LogP contribution is -2.29. The average Bonchev–Trinajstić information content (AvgIpc) is 3.06. The van der Waals surface area contributed by atoms with E-state index in [0.29, 0.717) is 21.7 Å². The minimum absolute atomic E-state index is 0.0254. The quantitative estimate of drug-likeness (QED) is 0.456. The number of fused-ring (bicyclic) bond motifs is 1. The molecule has 1 saturated carbocycles. The highest BCUT2D eigenvalue weighted by molar-refractivity contribution is 7.98. The Hall–Kier alpha value is -1.79. The minimum Gasteiger partial charge on any atom is -0.361 e. The molecule has 4 rings (SSSR count). The van der Waals surface area contributed by atoms with Gasteiger partial charge in [0.2, 0.25) is 0 Å². The second-order valence-corrected chi connectivity index (χ2v) is 8.12. The zero-order valence-electron chi connectivity index (χ0n) is 14.6. The van der Waals surface area contributed by atoms with Crippen molar-refractivity contribution in [2.24, 2.45) is 0 Å². The first-order chi connectivity index (χ1) is 12.6. The van der Waals surface area contributed by atoms with Gasteiger partial charge in [-0.15, -0.1) is 0 Å². The fraction of sp³-hybridized carbons (Fsp3) is 0.421. The molecule has 0 saturated heterocycles. The maximum atomic E-state index is 13.2. The normalized spacial score (nSPS) is 15.6. The Labute approximate surface area is 160 Å². The van der Waals surface area contributed by atoms with Crippen molar-refractivity contribution >= 4 is 34.3 Å². The number of hydrogen-bond acceptors (Lipinski definition) is 5. The Bertz CT molecular complexity index is 992. The van der Waals surface area contributed by atoms with E-state index in [1.807, 2.05) is 17.6 Å². The molecule has 0 amide bonds. The van der Waals surface area contributed by atoms with E-state index >= 15 is 0 Å². The van der Waals surface area contributed by atoms with Gasteiger partial charge in [-0.05, 0) is 38.0 Å². The van der Waals surface area contributed by atoms with Crippen LogP contribution in [0.4, 0.5) is 0 Å². The van der Waals surface area contributed by atoms with Gasteiger partial charge in [0.1, 0.15) is 5.76 Å². The molecule has 136 valence electrons. The first kappa shape index (κ1) is 17.6. The number of nitrogens with zero attached hydrogens (tertiary/aromatic N) is 3. The molecule has 2 aromatic heterocycles. The van der Waals surface area contributed by atoms with Gasteiger partial charge in [-0.2, -0.15) is 0 Å². The number of thioether (sulfide) groups is 1. The van der Waals surface area contributed by atoms with Gasteiger partial charge in [0.25, 0.3) is 5.56 Å². The predicted molar refractivity (Wildman–Crippen MR) is 104 cm³/mol. The van der Waals surface area contributed by atoms with Crippen LogP contribution in [-0.4, -0.2) is 14.7 Å². The van der Waals surface area contributed by atoms with Crippen LogP contribution in [0.2, 0.25) is 5.02 Å². The highest BCUT2D eigenvalue weighted by Crippen LogP contribution is 2.32. The van der Waals surface area contributed by atoms with Crippen molar-refractivity contribution < 1.29 is 4.52 Å². The van der Waals surface area contributed by atoms with Crippen molar-refractivity contribution in [1.82, 2.24) is 14.7 Å². The molecule has 0 N–H and O–H groups in total. The SMILES string of the molecule is Cc1cc(CSc2nc3cc(Cl)ccc3c(=O)n2C2CCCCC2)no1. The van der Waals surface area contributed by atoms with Gasteiger partial charge in [0.15, 0.2) is 5.16 Å². The van der Waals surface area contributed by atoms with Crippen molar-refractivity contribution in [3.05, 3.63) is 51.1 Å². The second kappa shape index (κ2) is 7.45. The van der Waals surface area contributed by atoms with Crippen LogP contribution in [0.3, 0.4) is 0 Å². The van der Waals surface area contributed by atoms with E-state index < -0.39 is 0 Å². The summed E-state index contributed by atoms with van der Waals surface area (Å²) >= 11 is 7.64. The molecular weight excluding hydrogens is 370 g/mol. The van der Waals surface area contributed by atoms with E-state index in [2.05, 4.69) is 5.16 Å². The largest absolute Gasteiger partial charge is 0.361 e. The van der Waals surface area contributed by atoms with Crippen LogP contribution in [0, 0.1) is 6.92 Å². The third-order valence-electron chi connectivity index (χ3n) is 4.80. The first-order valence-electron chi connectivity index (χ1n) is 8.88. The minimum atomic E-state index is 0.0254. The van der Waals surface area contributed by atoms with Crippen molar-refractivity contribution in [3.8, 4) is 0 Å². The monoisotopic (exact) mass is 389 g/mol. The lowest BCUT2D eigenvalue weighted by molar-refractivity contribution is 0.326. The molecule has 2 heterocycles. The molecule has 1 aliphatic rings. The number of benzene rings is 1. The molecule has 0 unspecified atom stereocenters. The summed E-state index contributed by atoms with van der Waals surface area (Å²) in [6.07, 6.45) is 5.60. The van der Waals surface area contributed by atoms with E-state index in [1.54, 1.807) is 18.2 Å². The summed E-state index contributed by atoms with van der Waals surface area (Å²) in [5.74, 6) is 1.39. The van der Waals surface area contributed by atoms with Gasteiger partial charge in [0.05, 0.1) is 16.6 Å². The van der Waals surface area contributed by atoms with Crippen molar-refractivity contribution in [2.45, 2.75) is 56.0 Å². The maximum absolute atomic E-state index is 13.2. The number of rotatable bonds is 4. The lowest BCUT2D eigenvalue weighted by Gasteiger charge is -2.26. The average molecular weight is 390 g/mol. The van der Waals surface area contributed by atoms with Crippen LogP contribution >= 0.6 is 23.4 Å². The Balaban J connectivity index is 1.77. The topological polar surface area (TPSA) is 60.9 Å². The van der Waals surface area contributed by atoms with Crippen LogP contribution in [0.25, 0.3) is 10.9 Å². The third-order valence-corrected chi connectivity index (χ3v) is 6.02. The fourth-order valence-corrected chi connectivity index (χ4v) is 4.65. The summed E-state index contributed by atoms with van der Waals surface area (Å²) in [5, 5.41) is 5.99. The Morgan fingerprint density at radius 2 is 2.08 bits per heavy atom. The zero-order valence-corrected chi connectivity index (χ0v) is 16.1. The Morgan fingerprint density at radius 1 is 1.27 bits per heavy atom. The fourth-order valence-electron chi connectivity index (χ4n) is 3.54. The summed E-state index contributed by atoms with van der Waals surface area (Å²) in [6.45, 7) is 1.87. The maximum Gasteiger partial charge on any atom is 0.262 e. The molecule has 7 heteroatoms. The Morgan fingerprint density at radius 3 is 2.81 bits per heavy atom. The van der Waals surface area contributed by atoms with Gasteiger partial charge >= 0.3 is 0 Å². The molecule has 1 fully saturated rings. The van der Waals surface area contributed by atoms with E-state index in [9.17, 15) is 4.79 Å². The van der Waals surface area contributed by atoms with Crippen molar-refractivity contribution in [2.75, 3.05) is 0 Å². The van der Waals surface area contributed by atoms with E-state index in [1.165, 1.54) is 18.2 Å². The molecule has 0 atom stereocenters. The number of halogens is 1. The summed E-state index contributed by atoms with van der Waals surface area (Å²) in [7, 11) is 0. The van der Waals surface area contributed by atoms with Crippen LogP contribution in [0.5, 0.6) is 0 Å². The first-order valence-corrected chi connectivity index (χ1v) is 10.2. The van der Waals surface area contributed by atoms with Gasteiger partial charge in [-0.1, -0.05) is 47.8 Å². The second-order valence-electron chi connectivity index (χ2n) is 6.74. The molecule has 0 bridgehead atoms. The van der Waals surface area contributed by atoms with Gasteiger partial charge in [-0.25, -0.2) is 4.98 Å². The molecular formula is C19H20ClN3O2S. The van der Waals surface area contributed by atoms with Crippen LogP contribution < -0.4 is 5.56 Å². The van der Waals surface area contributed by atoms with Crippen molar-refractivity contribution in [3.63, 3.8) is 0 Å². The highest BCUT2D eigenvalue weighted by Gasteiger charge is 2.22. The van der Waals surface area contributed by atoms with E-state index in [4.69, 9.17) is 21.1 Å². The van der Waals surface area contributed by atoms with Crippen LogP contribution in [0.1, 0.15) is 49.6 Å². The van der Waals surface area contributed by atoms with Crippen LogP contribution in [-0.2, 0) is 5.75 Å². The van der Waals surface area contributed by atoms with Crippen molar-refractivity contribution in [1.29, 1.82) is 0 Å². The summed E-state index contributed by atoms with van der Waals surface area (Å²) in [6, 6.07) is 7.41. The molecule has 0 aliphatic heterocycles. The molecule has 0 radical (unpaired) electrons. The van der Waals surface area contributed by atoms with Crippen LogP contribution in [0.15, 0.2) is 38.7 Å². The smallest absolute Gasteiger partial charge is 0.262 e. The molecule has 5 nitrogen and oxygen atoms in total. The van der Waals surface area contributed by atoms with E-state index in [0.717, 1.165) is 42.3 Å². The Kier molecular flexibility index (Phi) is 5.05. The standard InChI is InChI=1S/C19H20ClN3O2S/c1-12-9-14(22-25-12)11-26-19-21-17-10-13(20)7-8-16(17)18(24)23(19)15-5-3-2-4-6-15/h7-10,15H,2-6,11H2,1H3. The predicted octanol–water partition coefficient (Wildman–Crippen LogP) is 5.14. The van der Waals surface area contributed by atoms with Gasteiger partial charge in [-0.3, -0.25) is 9.36 Å². The van der Waals surface area contributed by atoms with E-state index in [-0.39, 0.29) is 11.6 Å². The third kappa shape index (κ3) is 3.53. The molecule has 3 aromatic rings. The summed E-state index contributed by atoms with van der Waals surface area (Å²) in [5.41, 5.74) is 1.52.